The van der Waals surface area contributed by atoms with Gasteiger partial charge in [0.2, 0.25) is 0 Å². The smallest absolute Gasteiger partial charge is 0.0249 e. The van der Waals surface area contributed by atoms with E-state index in [4.69, 9.17) is 0 Å². The summed E-state index contributed by atoms with van der Waals surface area (Å²) in [6.07, 6.45) is 6.91. The van der Waals surface area contributed by atoms with E-state index in [0.29, 0.717) is 11.5 Å². The van der Waals surface area contributed by atoms with Gasteiger partial charge in [-0.3, -0.25) is 4.90 Å². The molecular formula is C20H30N2. The second-order valence-electron chi connectivity index (χ2n) is 8.23. The Morgan fingerprint density at radius 2 is 1.86 bits per heavy atom. The maximum atomic E-state index is 4.06. The molecule has 4 rings (SSSR count). The molecule has 3 fully saturated rings. The number of fused-ring (bicyclic) bond motifs is 1. The normalized spacial score (nSPS) is 37.5. The standard InChI is InChI=1S/C20H30N2/c1-20(2)16(15-8-4-3-5-9-15)14-19(20)21-17-11-13-22-12-7-6-10-18(17)22/h3-5,8-9,16-19,21H,6-7,10-14H2,1-2H3/t16-,17+,18-,19+/m0/s1. The molecule has 2 nitrogen and oxygen atoms in total. The van der Waals surface area contributed by atoms with Crippen LogP contribution in [-0.2, 0) is 0 Å². The van der Waals surface area contributed by atoms with Crippen LogP contribution in [0.4, 0.5) is 0 Å². The van der Waals surface area contributed by atoms with Crippen molar-refractivity contribution in [1.29, 1.82) is 0 Å². The summed E-state index contributed by atoms with van der Waals surface area (Å²) < 4.78 is 0. The fraction of sp³-hybridized carbons (Fsp3) is 0.700. The van der Waals surface area contributed by atoms with Crippen molar-refractivity contribution in [3.8, 4) is 0 Å². The van der Waals surface area contributed by atoms with E-state index < -0.39 is 0 Å². The van der Waals surface area contributed by atoms with Gasteiger partial charge in [0.15, 0.2) is 0 Å². The number of benzene rings is 1. The van der Waals surface area contributed by atoms with Crippen molar-refractivity contribution in [2.45, 2.75) is 70.0 Å². The quantitative estimate of drug-likeness (QED) is 0.913. The van der Waals surface area contributed by atoms with Crippen LogP contribution in [0.2, 0.25) is 0 Å². The minimum absolute atomic E-state index is 0.378. The predicted molar refractivity (Wildman–Crippen MR) is 92.1 cm³/mol. The monoisotopic (exact) mass is 298 g/mol. The highest BCUT2D eigenvalue weighted by molar-refractivity contribution is 5.27. The molecule has 1 aromatic rings. The molecule has 120 valence electrons. The van der Waals surface area contributed by atoms with Crippen LogP contribution in [-0.4, -0.2) is 36.1 Å². The molecule has 1 aromatic carbocycles. The molecule has 1 aliphatic carbocycles. The first-order valence-electron chi connectivity index (χ1n) is 9.21. The maximum Gasteiger partial charge on any atom is 0.0249 e. The van der Waals surface area contributed by atoms with Crippen LogP contribution in [0.5, 0.6) is 0 Å². The number of hydrogen-bond acceptors (Lipinski definition) is 2. The van der Waals surface area contributed by atoms with Crippen LogP contribution >= 0.6 is 0 Å². The first kappa shape index (κ1) is 14.7. The SMILES string of the molecule is CC1(C)[C@H](N[C@@H]2CCN3CCCC[C@@H]23)C[C@H]1c1ccccc1. The summed E-state index contributed by atoms with van der Waals surface area (Å²) in [5.41, 5.74) is 1.90. The molecule has 1 saturated carbocycles. The Bertz CT molecular complexity index is 510. The zero-order chi connectivity index (χ0) is 15.2. The number of nitrogens with one attached hydrogen (secondary N) is 1. The summed E-state index contributed by atoms with van der Waals surface area (Å²) in [5, 5.41) is 4.06. The lowest BCUT2D eigenvalue weighted by Crippen LogP contribution is -2.60. The number of piperidine rings is 1. The third-order valence-corrected chi connectivity index (χ3v) is 6.74. The molecule has 2 saturated heterocycles. The van der Waals surface area contributed by atoms with Gasteiger partial charge >= 0.3 is 0 Å². The molecule has 4 atom stereocenters. The Labute approximate surface area is 135 Å². The Kier molecular flexibility index (Phi) is 3.78. The molecule has 22 heavy (non-hydrogen) atoms. The van der Waals surface area contributed by atoms with E-state index in [1.807, 2.05) is 0 Å². The lowest BCUT2D eigenvalue weighted by atomic mass is 9.56. The predicted octanol–water partition coefficient (Wildman–Crippen LogP) is 3.79. The summed E-state index contributed by atoms with van der Waals surface area (Å²) in [6.45, 7) is 7.57. The molecule has 1 N–H and O–H groups in total. The summed E-state index contributed by atoms with van der Waals surface area (Å²) in [6, 6.07) is 13.3. The second-order valence-corrected chi connectivity index (χ2v) is 8.23. The zero-order valence-electron chi connectivity index (χ0n) is 14.1. The second kappa shape index (κ2) is 5.65. The molecule has 2 aliphatic heterocycles. The molecule has 0 radical (unpaired) electrons. The number of rotatable bonds is 3. The van der Waals surface area contributed by atoms with E-state index in [-0.39, 0.29) is 0 Å². The van der Waals surface area contributed by atoms with Gasteiger partial charge in [0.25, 0.3) is 0 Å². The van der Waals surface area contributed by atoms with Gasteiger partial charge in [0.1, 0.15) is 0 Å². The van der Waals surface area contributed by atoms with Crippen LogP contribution < -0.4 is 5.32 Å². The molecule has 0 unspecified atom stereocenters. The molecule has 0 aromatic heterocycles. The molecule has 2 heterocycles. The van der Waals surface area contributed by atoms with Crippen molar-refractivity contribution in [1.82, 2.24) is 10.2 Å². The Morgan fingerprint density at radius 1 is 1.05 bits per heavy atom. The third kappa shape index (κ3) is 2.41. The lowest BCUT2D eigenvalue weighted by Gasteiger charge is -2.54. The number of nitrogens with zero attached hydrogens (tertiary/aromatic N) is 1. The van der Waals surface area contributed by atoms with Crippen molar-refractivity contribution in [2.75, 3.05) is 13.1 Å². The Hall–Kier alpha value is -0.860. The summed E-state index contributed by atoms with van der Waals surface area (Å²) in [5.74, 6) is 0.718. The van der Waals surface area contributed by atoms with Gasteiger partial charge < -0.3 is 5.32 Å². The maximum absolute atomic E-state index is 4.06. The summed E-state index contributed by atoms with van der Waals surface area (Å²) >= 11 is 0. The molecule has 0 spiro atoms. The van der Waals surface area contributed by atoms with Crippen molar-refractivity contribution in [3.05, 3.63) is 35.9 Å². The van der Waals surface area contributed by atoms with Gasteiger partial charge in [-0.05, 0) is 49.1 Å². The highest BCUT2D eigenvalue weighted by Crippen LogP contribution is 2.52. The van der Waals surface area contributed by atoms with E-state index in [2.05, 4.69) is 54.4 Å². The average Bonchev–Trinajstić information content (AvgIpc) is 2.95. The fourth-order valence-corrected chi connectivity index (χ4v) is 5.16. The first-order valence-corrected chi connectivity index (χ1v) is 9.21. The number of hydrogen-bond donors (Lipinski definition) is 1. The van der Waals surface area contributed by atoms with Gasteiger partial charge in [-0.15, -0.1) is 0 Å². The Morgan fingerprint density at radius 3 is 2.64 bits per heavy atom. The van der Waals surface area contributed by atoms with Crippen molar-refractivity contribution in [3.63, 3.8) is 0 Å². The summed E-state index contributed by atoms with van der Waals surface area (Å²) in [4.78, 5) is 2.74. The van der Waals surface area contributed by atoms with E-state index in [1.54, 1.807) is 0 Å². The molecular weight excluding hydrogens is 268 g/mol. The molecule has 0 amide bonds. The molecule has 3 aliphatic rings. The van der Waals surface area contributed by atoms with Crippen LogP contribution in [0.25, 0.3) is 0 Å². The minimum Gasteiger partial charge on any atom is -0.309 e. The van der Waals surface area contributed by atoms with Gasteiger partial charge in [-0.1, -0.05) is 50.6 Å². The van der Waals surface area contributed by atoms with Gasteiger partial charge in [-0.2, -0.15) is 0 Å². The molecule has 0 bridgehead atoms. The van der Waals surface area contributed by atoms with Crippen LogP contribution in [0.15, 0.2) is 30.3 Å². The zero-order valence-corrected chi connectivity index (χ0v) is 14.1. The van der Waals surface area contributed by atoms with Crippen LogP contribution in [0.3, 0.4) is 0 Å². The minimum atomic E-state index is 0.378. The third-order valence-electron chi connectivity index (χ3n) is 6.74. The van der Waals surface area contributed by atoms with E-state index in [0.717, 1.165) is 18.0 Å². The van der Waals surface area contributed by atoms with E-state index in [9.17, 15) is 0 Å². The van der Waals surface area contributed by atoms with Gasteiger partial charge in [0, 0.05) is 24.7 Å². The average molecular weight is 298 g/mol. The topological polar surface area (TPSA) is 15.3 Å². The highest BCUT2D eigenvalue weighted by atomic mass is 15.2. The Balaban J connectivity index is 1.41. The van der Waals surface area contributed by atoms with Crippen molar-refractivity contribution in [2.24, 2.45) is 5.41 Å². The first-order chi connectivity index (χ1) is 10.7. The summed E-state index contributed by atoms with van der Waals surface area (Å²) in [7, 11) is 0. The van der Waals surface area contributed by atoms with Crippen LogP contribution in [0.1, 0.15) is 57.4 Å². The van der Waals surface area contributed by atoms with Gasteiger partial charge in [0.05, 0.1) is 0 Å². The van der Waals surface area contributed by atoms with Crippen molar-refractivity contribution < 1.29 is 0 Å². The van der Waals surface area contributed by atoms with Gasteiger partial charge in [-0.25, -0.2) is 0 Å². The largest absolute Gasteiger partial charge is 0.309 e. The molecule has 2 heteroatoms. The highest BCUT2D eigenvalue weighted by Gasteiger charge is 2.50. The fourth-order valence-electron chi connectivity index (χ4n) is 5.16. The van der Waals surface area contributed by atoms with E-state index >= 15 is 0 Å². The van der Waals surface area contributed by atoms with Crippen molar-refractivity contribution >= 4 is 0 Å². The lowest BCUT2D eigenvalue weighted by molar-refractivity contribution is 0.0521. The van der Waals surface area contributed by atoms with Crippen LogP contribution in [0, 0.1) is 5.41 Å². The van der Waals surface area contributed by atoms with E-state index in [1.165, 1.54) is 50.8 Å².